The van der Waals surface area contributed by atoms with Gasteiger partial charge in [0, 0.05) is 50.8 Å². The van der Waals surface area contributed by atoms with Crippen LogP contribution in [0.4, 0.5) is 0 Å². The number of guanidine groups is 1. The van der Waals surface area contributed by atoms with Crippen LogP contribution in [0.25, 0.3) is 0 Å². The van der Waals surface area contributed by atoms with Crippen molar-refractivity contribution >= 4 is 51.7 Å². The van der Waals surface area contributed by atoms with Gasteiger partial charge in [-0.25, -0.2) is 12.7 Å². The molecule has 176 valence electrons. The van der Waals surface area contributed by atoms with Gasteiger partial charge in [-0.2, -0.15) is 11.8 Å². The number of thioether (sulfide) groups is 1. The Hall–Kier alpha value is 0.180. The van der Waals surface area contributed by atoms with Crippen molar-refractivity contribution in [3.63, 3.8) is 0 Å². The standard InChI is InChI=1S/C19H36N4O4S2.HI/c1-2-20-19(21-7-15-29(24,25)23-10-13-28-14-11-23)22-8-5-17(6-9-22)27-16-18-4-3-12-26-18;/h17-18H,2-16H2,1H3,(H,20,21);1H. The van der Waals surface area contributed by atoms with E-state index in [9.17, 15) is 8.42 Å². The molecule has 1 unspecified atom stereocenters. The molecule has 1 atom stereocenters. The molecule has 0 aromatic rings. The fourth-order valence-electron chi connectivity index (χ4n) is 3.90. The molecule has 3 saturated heterocycles. The van der Waals surface area contributed by atoms with Gasteiger partial charge in [0.25, 0.3) is 0 Å². The Balaban J connectivity index is 0.00000320. The molecule has 3 aliphatic rings. The Kier molecular flexibility index (Phi) is 12.0. The Bertz CT molecular complexity index is 618. The summed E-state index contributed by atoms with van der Waals surface area (Å²) in [5, 5.41) is 3.31. The molecule has 0 radical (unpaired) electrons. The summed E-state index contributed by atoms with van der Waals surface area (Å²) in [6.07, 6.45) is 4.71. The highest BCUT2D eigenvalue weighted by Crippen LogP contribution is 2.18. The number of hydrogen-bond acceptors (Lipinski definition) is 6. The average Bonchev–Trinajstić information content (AvgIpc) is 3.26. The number of rotatable bonds is 8. The third-order valence-corrected chi connectivity index (χ3v) is 8.39. The van der Waals surface area contributed by atoms with Crippen LogP contribution in [0.15, 0.2) is 4.99 Å². The number of likely N-dealkylation sites (tertiary alicyclic amines) is 1. The second-order valence-corrected chi connectivity index (χ2v) is 11.0. The molecule has 3 rings (SSSR count). The second kappa shape index (κ2) is 13.7. The maximum Gasteiger partial charge on any atom is 0.215 e. The number of sulfonamides is 1. The van der Waals surface area contributed by atoms with E-state index in [1.165, 1.54) is 0 Å². The van der Waals surface area contributed by atoms with E-state index in [0.29, 0.717) is 26.2 Å². The van der Waals surface area contributed by atoms with Crippen molar-refractivity contribution in [2.75, 3.05) is 69.7 Å². The number of halogens is 1. The van der Waals surface area contributed by atoms with Crippen LogP contribution < -0.4 is 5.32 Å². The highest BCUT2D eigenvalue weighted by atomic mass is 127. The predicted molar refractivity (Wildman–Crippen MR) is 134 cm³/mol. The largest absolute Gasteiger partial charge is 0.376 e. The maximum absolute atomic E-state index is 12.5. The van der Waals surface area contributed by atoms with E-state index in [0.717, 1.165) is 69.4 Å². The number of piperidine rings is 1. The highest BCUT2D eigenvalue weighted by Gasteiger charge is 2.26. The van der Waals surface area contributed by atoms with Gasteiger partial charge in [0.15, 0.2) is 5.96 Å². The number of nitrogens with one attached hydrogen (secondary N) is 1. The van der Waals surface area contributed by atoms with Crippen LogP contribution in [0.5, 0.6) is 0 Å². The number of ether oxygens (including phenoxy) is 2. The van der Waals surface area contributed by atoms with E-state index < -0.39 is 10.0 Å². The van der Waals surface area contributed by atoms with Gasteiger partial charge in [0.2, 0.25) is 10.0 Å². The van der Waals surface area contributed by atoms with Gasteiger partial charge in [-0.15, -0.1) is 24.0 Å². The van der Waals surface area contributed by atoms with Gasteiger partial charge in [0.1, 0.15) is 0 Å². The third kappa shape index (κ3) is 8.27. The van der Waals surface area contributed by atoms with E-state index >= 15 is 0 Å². The molecule has 3 aliphatic heterocycles. The fourth-order valence-corrected chi connectivity index (χ4v) is 6.35. The molecule has 0 aromatic heterocycles. The molecule has 0 saturated carbocycles. The van der Waals surface area contributed by atoms with Crippen LogP contribution in [-0.4, -0.2) is 106 Å². The quantitative estimate of drug-likeness (QED) is 0.267. The van der Waals surface area contributed by atoms with E-state index in [4.69, 9.17) is 9.47 Å². The fraction of sp³-hybridized carbons (Fsp3) is 0.947. The van der Waals surface area contributed by atoms with Crippen molar-refractivity contribution in [2.24, 2.45) is 4.99 Å². The molecule has 30 heavy (non-hydrogen) atoms. The average molecular weight is 577 g/mol. The zero-order valence-electron chi connectivity index (χ0n) is 18.0. The summed E-state index contributed by atoms with van der Waals surface area (Å²) >= 11 is 1.81. The molecule has 0 amide bonds. The third-order valence-electron chi connectivity index (χ3n) is 5.59. The predicted octanol–water partition coefficient (Wildman–Crippen LogP) is 1.61. The Morgan fingerprint density at radius 3 is 2.57 bits per heavy atom. The molecule has 1 N–H and O–H groups in total. The molecule has 0 aromatic carbocycles. The molecule has 0 bridgehead atoms. The monoisotopic (exact) mass is 576 g/mol. The smallest absolute Gasteiger partial charge is 0.215 e. The maximum atomic E-state index is 12.5. The lowest BCUT2D eigenvalue weighted by molar-refractivity contribution is -0.0367. The number of aliphatic imine (C=N–C) groups is 1. The summed E-state index contributed by atoms with van der Waals surface area (Å²) in [7, 11) is -3.21. The minimum Gasteiger partial charge on any atom is -0.376 e. The summed E-state index contributed by atoms with van der Waals surface area (Å²) in [5.74, 6) is 2.66. The number of nitrogens with zero attached hydrogens (tertiary/aromatic N) is 3. The van der Waals surface area contributed by atoms with E-state index in [1.54, 1.807) is 4.31 Å². The summed E-state index contributed by atoms with van der Waals surface area (Å²) in [4.78, 5) is 6.83. The summed E-state index contributed by atoms with van der Waals surface area (Å²) in [6.45, 7) is 7.65. The van der Waals surface area contributed by atoms with Crippen LogP contribution in [0.2, 0.25) is 0 Å². The summed E-state index contributed by atoms with van der Waals surface area (Å²) in [6, 6.07) is 0. The van der Waals surface area contributed by atoms with Crippen LogP contribution in [-0.2, 0) is 19.5 Å². The van der Waals surface area contributed by atoms with Crippen molar-refractivity contribution in [2.45, 2.75) is 44.8 Å². The van der Waals surface area contributed by atoms with Gasteiger partial charge < -0.3 is 19.7 Å². The Morgan fingerprint density at radius 1 is 1.20 bits per heavy atom. The van der Waals surface area contributed by atoms with Crippen LogP contribution in [0.1, 0.15) is 32.6 Å². The first kappa shape index (κ1) is 26.4. The SMILES string of the molecule is CCNC(=NCCS(=O)(=O)N1CCSCC1)N1CCC(OCC2CCCO2)CC1.I. The summed E-state index contributed by atoms with van der Waals surface area (Å²) in [5.41, 5.74) is 0. The molecule has 0 spiro atoms. The van der Waals surface area contributed by atoms with Crippen molar-refractivity contribution in [3.05, 3.63) is 0 Å². The van der Waals surface area contributed by atoms with Gasteiger partial charge in [-0.3, -0.25) is 4.99 Å². The normalized spacial score (nSPS) is 24.6. The van der Waals surface area contributed by atoms with Gasteiger partial charge in [0.05, 0.1) is 31.1 Å². The van der Waals surface area contributed by atoms with E-state index in [1.807, 2.05) is 18.7 Å². The molecular formula is C19H37IN4O4S2. The molecule has 3 heterocycles. The first-order valence-electron chi connectivity index (χ1n) is 10.9. The lowest BCUT2D eigenvalue weighted by Crippen LogP contribution is -2.47. The molecule has 0 aliphatic carbocycles. The lowest BCUT2D eigenvalue weighted by Gasteiger charge is -2.34. The van der Waals surface area contributed by atoms with Crippen molar-refractivity contribution in [1.82, 2.24) is 14.5 Å². The molecule has 3 fully saturated rings. The first-order chi connectivity index (χ1) is 14.1. The second-order valence-electron chi connectivity index (χ2n) is 7.72. The van der Waals surface area contributed by atoms with Crippen LogP contribution in [0, 0.1) is 0 Å². The van der Waals surface area contributed by atoms with Gasteiger partial charge >= 0.3 is 0 Å². The van der Waals surface area contributed by atoms with Crippen molar-refractivity contribution < 1.29 is 17.9 Å². The lowest BCUT2D eigenvalue weighted by atomic mass is 10.1. The number of hydrogen-bond donors (Lipinski definition) is 1. The highest BCUT2D eigenvalue weighted by molar-refractivity contribution is 14.0. The van der Waals surface area contributed by atoms with Gasteiger partial charge in [-0.1, -0.05) is 0 Å². The first-order valence-corrected chi connectivity index (χ1v) is 13.7. The van der Waals surface area contributed by atoms with Gasteiger partial charge in [-0.05, 0) is 32.6 Å². The van der Waals surface area contributed by atoms with Crippen molar-refractivity contribution in [3.8, 4) is 0 Å². The molecular weight excluding hydrogens is 539 g/mol. The van der Waals surface area contributed by atoms with E-state index in [-0.39, 0.29) is 41.9 Å². The zero-order valence-corrected chi connectivity index (χ0v) is 21.9. The summed E-state index contributed by atoms with van der Waals surface area (Å²) < 4.78 is 38.3. The Labute approximate surface area is 203 Å². The zero-order chi connectivity index (χ0) is 20.5. The topological polar surface area (TPSA) is 83.5 Å². The molecule has 11 heteroatoms. The Morgan fingerprint density at radius 2 is 1.93 bits per heavy atom. The van der Waals surface area contributed by atoms with Crippen molar-refractivity contribution in [1.29, 1.82) is 0 Å². The van der Waals surface area contributed by atoms with Crippen LogP contribution in [0.3, 0.4) is 0 Å². The van der Waals surface area contributed by atoms with E-state index in [2.05, 4.69) is 15.2 Å². The minimum absolute atomic E-state index is 0. The van der Waals surface area contributed by atoms with Crippen LogP contribution >= 0.6 is 35.7 Å². The minimum atomic E-state index is -3.21. The molecule has 8 nitrogen and oxygen atoms in total.